The molecule has 1 aromatic carbocycles. The van der Waals surface area contributed by atoms with Crippen molar-refractivity contribution in [3.05, 3.63) is 52.7 Å². The zero-order chi connectivity index (χ0) is 12.3. The van der Waals surface area contributed by atoms with E-state index >= 15 is 0 Å². The molecule has 0 saturated carbocycles. The van der Waals surface area contributed by atoms with Crippen LogP contribution in [0.15, 0.2) is 36.5 Å². The number of nitrogens with zero attached hydrogens (tertiary/aromatic N) is 1. The van der Waals surface area contributed by atoms with Crippen molar-refractivity contribution >= 4 is 17.3 Å². The Morgan fingerprint density at radius 1 is 1.29 bits per heavy atom. The van der Waals surface area contributed by atoms with Crippen molar-refractivity contribution in [2.45, 2.75) is 13.5 Å². The molecule has 0 radical (unpaired) electrons. The first-order chi connectivity index (χ1) is 8.15. The molecule has 0 aliphatic heterocycles. The molecule has 1 aromatic heterocycles. The fourth-order valence-electron chi connectivity index (χ4n) is 1.43. The van der Waals surface area contributed by atoms with E-state index in [9.17, 15) is 0 Å². The highest BCUT2D eigenvalue weighted by atomic mass is 35.5. The molecule has 0 spiro atoms. The number of nitrogens with two attached hydrogens (primary N) is 1. The van der Waals surface area contributed by atoms with Gasteiger partial charge >= 0.3 is 0 Å². The standard InChI is InChI=1S/C13H13ClN2O/c1-9-6-12(15)13(16-7-9)17-8-10-2-4-11(14)5-3-10/h2-7H,8,15H2,1H3. The SMILES string of the molecule is Cc1cnc(OCc2ccc(Cl)cc2)c(N)c1. The lowest BCUT2D eigenvalue weighted by molar-refractivity contribution is 0.295. The van der Waals surface area contributed by atoms with E-state index in [0.717, 1.165) is 11.1 Å². The molecule has 0 aliphatic rings. The third-order valence-electron chi connectivity index (χ3n) is 2.30. The molecular weight excluding hydrogens is 236 g/mol. The smallest absolute Gasteiger partial charge is 0.237 e. The maximum Gasteiger partial charge on any atom is 0.237 e. The molecule has 0 aliphatic carbocycles. The summed E-state index contributed by atoms with van der Waals surface area (Å²) >= 11 is 5.80. The van der Waals surface area contributed by atoms with Gasteiger partial charge in [0.15, 0.2) is 0 Å². The maximum atomic E-state index is 5.80. The predicted molar refractivity (Wildman–Crippen MR) is 69.2 cm³/mol. The fraction of sp³-hybridized carbons (Fsp3) is 0.154. The van der Waals surface area contributed by atoms with Gasteiger partial charge in [0, 0.05) is 11.2 Å². The molecule has 2 rings (SSSR count). The molecule has 2 aromatic rings. The van der Waals surface area contributed by atoms with E-state index in [4.69, 9.17) is 22.1 Å². The van der Waals surface area contributed by atoms with Gasteiger partial charge in [0.05, 0.1) is 5.69 Å². The molecule has 0 fully saturated rings. The Balaban J connectivity index is 2.04. The van der Waals surface area contributed by atoms with Gasteiger partial charge in [-0.3, -0.25) is 0 Å². The Bertz CT molecular complexity index is 511. The number of hydrogen-bond acceptors (Lipinski definition) is 3. The lowest BCUT2D eigenvalue weighted by Crippen LogP contribution is -2.01. The van der Waals surface area contributed by atoms with Crippen LogP contribution in [0.3, 0.4) is 0 Å². The summed E-state index contributed by atoms with van der Waals surface area (Å²) in [5.74, 6) is 0.463. The van der Waals surface area contributed by atoms with Crippen molar-refractivity contribution in [3.63, 3.8) is 0 Å². The minimum atomic E-state index is 0.428. The van der Waals surface area contributed by atoms with Crippen LogP contribution in [0.25, 0.3) is 0 Å². The summed E-state index contributed by atoms with van der Waals surface area (Å²) in [6.07, 6.45) is 1.73. The van der Waals surface area contributed by atoms with Crippen molar-refractivity contribution in [1.82, 2.24) is 4.98 Å². The van der Waals surface area contributed by atoms with Gasteiger partial charge in [-0.25, -0.2) is 4.98 Å². The predicted octanol–water partition coefficient (Wildman–Crippen LogP) is 3.20. The molecule has 2 N–H and O–H groups in total. The molecule has 0 atom stereocenters. The Kier molecular flexibility index (Phi) is 3.49. The summed E-state index contributed by atoms with van der Waals surface area (Å²) in [7, 11) is 0. The quantitative estimate of drug-likeness (QED) is 0.907. The van der Waals surface area contributed by atoms with E-state index in [1.54, 1.807) is 6.20 Å². The number of pyridine rings is 1. The van der Waals surface area contributed by atoms with Crippen molar-refractivity contribution in [2.24, 2.45) is 0 Å². The minimum Gasteiger partial charge on any atom is -0.471 e. The summed E-state index contributed by atoms with van der Waals surface area (Å²) in [5.41, 5.74) is 8.40. The third-order valence-corrected chi connectivity index (χ3v) is 2.56. The van der Waals surface area contributed by atoms with Crippen LogP contribution >= 0.6 is 11.6 Å². The second kappa shape index (κ2) is 5.06. The highest BCUT2D eigenvalue weighted by Crippen LogP contribution is 2.20. The van der Waals surface area contributed by atoms with Gasteiger partial charge in [-0.05, 0) is 36.2 Å². The van der Waals surface area contributed by atoms with Crippen LogP contribution in [0.4, 0.5) is 5.69 Å². The average Bonchev–Trinajstić information content (AvgIpc) is 2.30. The highest BCUT2D eigenvalue weighted by molar-refractivity contribution is 6.30. The van der Waals surface area contributed by atoms with Crippen LogP contribution < -0.4 is 10.5 Å². The number of aromatic nitrogens is 1. The maximum absolute atomic E-state index is 5.80. The zero-order valence-electron chi connectivity index (χ0n) is 9.48. The van der Waals surface area contributed by atoms with Gasteiger partial charge in [-0.15, -0.1) is 0 Å². The monoisotopic (exact) mass is 248 g/mol. The molecule has 17 heavy (non-hydrogen) atoms. The van der Waals surface area contributed by atoms with Gasteiger partial charge in [0.1, 0.15) is 6.61 Å². The van der Waals surface area contributed by atoms with E-state index in [0.29, 0.717) is 23.2 Å². The highest BCUT2D eigenvalue weighted by Gasteiger charge is 2.02. The van der Waals surface area contributed by atoms with Crippen LogP contribution in [0.5, 0.6) is 5.88 Å². The lowest BCUT2D eigenvalue weighted by atomic mass is 10.2. The normalized spacial score (nSPS) is 10.2. The van der Waals surface area contributed by atoms with Crippen LogP contribution in [0.1, 0.15) is 11.1 Å². The summed E-state index contributed by atoms with van der Waals surface area (Å²) in [4.78, 5) is 4.14. The minimum absolute atomic E-state index is 0.428. The van der Waals surface area contributed by atoms with Crippen molar-refractivity contribution in [2.75, 3.05) is 5.73 Å². The lowest BCUT2D eigenvalue weighted by Gasteiger charge is -2.08. The van der Waals surface area contributed by atoms with E-state index in [-0.39, 0.29) is 0 Å². The third kappa shape index (κ3) is 3.11. The number of anilines is 1. The molecule has 0 bridgehead atoms. The molecule has 1 heterocycles. The van der Waals surface area contributed by atoms with E-state index in [1.165, 1.54) is 0 Å². The molecular formula is C13H13ClN2O. The summed E-state index contributed by atoms with van der Waals surface area (Å²) in [5, 5.41) is 0.710. The van der Waals surface area contributed by atoms with Gasteiger partial charge in [0.25, 0.3) is 0 Å². The van der Waals surface area contributed by atoms with Crippen molar-refractivity contribution in [3.8, 4) is 5.88 Å². The van der Waals surface area contributed by atoms with Crippen LogP contribution in [-0.2, 0) is 6.61 Å². The van der Waals surface area contributed by atoms with E-state index in [1.807, 2.05) is 37.3 Å². The number of nitrogen functional groups attached to an aromatic ring is 1. The largest absolute Gasteiger partial charge is 0.471 e. The molecule has 0 amide bonds. The first kappa shape index (κ1) is 11.7. The number of hydrogen-bond donors (Lipinski definition) is 1. The van der Waals surface area contributed by atoms with E-state index < -0.39 is 0 Å². The second-order valence-corrected chi connectivity index (χ2v) is 4.26. The molecule has 0 saturated heterocycles. The van der Waals surface area contributed by atoms with Crippen LogP contribution in [0, 0.1) is 6.92 Å². The Hall–Kier alpha value is -1.74. The van der Waals surface area contributed by atoms with Crippen molar-refractivity contribution in [1.29, 1.82) is 0 Å². The second-order valence-electron chi connectivity index (χ2n) is 3.82. The topological polar surface area (TPSA) is 48.1 Å². The van der Waals surface area contributed by atoms with E-state index in [2.05, 4.69) is 4.98 Å². The number of ether oxygens (including phenoxy) is 1. The molecule has 4 heteroatoms. The Labute approximate surface area is 105 Å². The van der Waals surface area contributed by atoms with Crippen LogP contribution in [-0.4, -0.2) is 4.98 Å². The molecule has 0 unspecified atom stereocenters. The Morgan fingerprint density at radius 3 is 2.65 bits per heavy atom. The molecule has 3 nitrogen and oxygen atoms in total. The molecule has 88 valence electrons. The number of rotatable bonds is 3. The number of halogens is 1. The number of aryl methyl sites for hydroxylation is 1. The van der Waals surface area contributed by atoms with Gasteiger partial charge < -0.3 is 10.5 Å². The fourth-order valence-corrected chi connectivity index (χ4v) is 1.56. The summed E-state index contributed by atoms with van der Waals surface area (Å²) in [6, 6.07) is 9.31. The first-order valence-corrected chi connectivity index (χ1v) is 5.62. The average molecular weight is 249 g/mol. The summed E-state index contributed by atoms with van der Waals surface area (Å²) < 4.78 is 5.54. The Morgan fingerprint density at radius 2 is 2.00 bits per heavy atom. The van der Waals surface area contributed by atoms with Crippen molar-refractivity contribution < 1.29 is 4.74 Å². The van der Waals surface area contributed by atoms with Gasteiger partial charge in [-0.2, -0.15) is 0 Å². The summed E-state index contributed by atoms with van der Waals surface area (Å²) in [6.45, 7) is 2.36. The zero-order valence-corrected chi connectivity index (χ0v) is 10.2. The van der Waals surface area contributed by atoms with Gasteiger partial charge in [-0.1, -0.05) is 23.7 Å². The first-order valence-electron chi connectivity index (χ1n) is 5.24. The van der Waals surface area contributed by atoms with Crippen LogP contribution in [0.2, 0.25) is 5.02 Å². The number of benzene rings is 1. The van der Waals surface area contributed by atoms with Gasteiger partial charge in [0.2, 0.25) is 5.88 Å².